The molecule has 4 nitrogen and oxygen atoms in total. The van der Waals surface area contributed by atoms with E-state index in [0.717, 1.165) is 26.1 Å². The highest BCUT2D eigenvalue weighted by molar-refractivity contribution is 5.78. The molecule has 1 aromatic rings. The number of amides is 1. The highest BCUT2D eigenvalue weighted by Gasteiger charge is 2.15. The van der Waals surface area contributed by atoms with Gasteiger partial charge in [-0.25, -0.2) is 0 Å². The Bertz CT molecular complexity index is 414. The van der Waals surface area contributed by atoms with Crippen LogP contribution in [-0.4, -0.2) is 50.2 Å². The molecule has 2 rings (SSSR count). The van der Waals surface area contributed by atoms with E-state index in [9.17, 15) is 4.79 Å². The quantitative estimate of drug-likeness (QED) is 0.805. The van der Waals surface area contributed by atoms with Gasteiger partial charge < -0.3 is 15.0 Å². The van der Waals surface area contributed by atoms with Crippen molar-refractivity contribution in [1.29, 1.82) is 0 Å². The Balaban J connectivity index is 1.65. The van der Waals surface area contributed by atoms with Gasteiger partial charge in [0.25, 0.3) is 0 Å². The van der Waals surface area contributed by atoms with Gasteiger partial charge in [0.15, 0.2) is 0 Å². The minimum atomic E-state index is 0.174. The van der Waals surface area contributed by atoms with Crippen molar-refractivity contribution >= 4 is 5.91 Å². The van der Waals surface area contributed by atoms with Crippen molar-refractivity contribution in [3.05, 3.63) is 35.4 Å². The summed E-state index contributed by atoms with van der Waals surface area (Å²) < 4.78 is 5.23. The van der Waals surface area contributed by atoms with Crippen molar-refractivity contribution in [3.63, 3.8) is 0 Å². The highest BCUT2D eigenvalue weighted by atomic mass is 16.5. The largest absolute Gasteiger partial charge is 0.378 e. The number of ether oxygens (including phenoxy) is 1. The maximum Gasteiger partial charge on any atom is 0.236 e. The van der Waals surface area contributed by atoms with Gasteiger partial charge >= 0.3 is 0 Å². The Morgan fingerprint density at radius 2 is 2.16 bits per heavy atom. The third kappa shape index (κ3) is 4.65. The number of carbonyl (C=O) groups excluding carboxylic acids is 1. The van der Waals surface area contributed by atoms with Crippen molar-refractivity contribution in [2.45, 2.75) is 13.3 Å². The summed E-state index contributed by atoms with van der Waals surface area (Å²) in [5.41, 5.74) is 2.59. The Hall–Kier alpha value is -1.39. The van der Waals surface area contributed by atoms with Crippen LogP contribution in [0.4, 0.5) is 0 Å². The third-order valence-electron chi connectivity index (χ3n) is 3.31. The lowest BCUT2D eigenvalue weighted by atomic mass is 10.1. The van der Waals surface area contributed by atoms with E-state index in [-0.39, 0.29) is 5.91 Å². The number of rotatable bonds is 5. The summed E-state index contributed by atoms with van der Waals surface area (Å²) in [6.45, 7) is 6.12. The van der Waals surface area contributed by atoms with Crippen LogP contribution in [0.2, 0.25) is 0 Å². The number of morpholine rings is 1. The van der Waals surface area contributed by atoms with Crippen LogP contribution in [0.5, 0.6) is 0 Å². The highest BCUT2D eigenvalue weighted by Crippen LogP contribution is 2.04. The Morgan fingerprint density at radius 1 is 1.37 bits per heavy atom. The van der Waals surface area contributed by atoms with E-state index < -0.39 is 0 Å². The van der Waals surface area contributed by atoms with Gasteiger partial charge in [-0.1, -0.05) is 29.8 Å². The molecule has 1 aromatic carbocycles. The molecular formula is C15H22N2O2. The van der Waals surface area contributed by atoms with Gasteiger partial charge in [0.2, 0.25) is 5.91 Å². The van der Waals surface area contributed by atoms with Gasteiger partial charge in [-0.2, -0.15) is 0 Å². The standard InChI is InChI=1S/C15H22N2O2/c1-13-3-2-4-14(11-13)5-6-16-12-15(18)17-7-9-19-10-8-17/h2-4,11,16H,5-10,12H2,1H3. The molecule has 0 unspecified atom stereocenters. The van der Waals surface area contributed by atoms with Crippen LogP contribution in [0.15, 0.2) is 24.3 Å². The van der Waals surface area contributed by atoms with Crippen LogP contribution in [0.1, 0.15) is 11.1 Å². The predicted octanol–water partition coefficient (Wildman–Crippen LogP) is 0.986. The summed E-state index contributed by atoms with van der Waals surface area (Å²) in [5.74, 6) is 0.174. The molecule has 1 aliphatic rings. The van der Waals surface area contributed by atoms with Gasteiger partial charge in [-0.3, -0.25) is 4.79 Å². The number of carbonyl (C=O) groups is 1. The number of aryl methyl sites for hydroxylation is 1. The summed E-state index contributed by atoms with van der Waals surface area (Å²) >= 11 is 0. The molecule has 1 aliphatic heterocycles. The van der Waals surface area contributed by atoms with Crippen molar-refractivity contribution < 1.29 is 9.53 Å². The first-order valence-electron chi connectivity index (χ1n) is 6.87. The molecule has 1 N–H and O–H groups in total. The SMILES string of the molecule is Cc1cccc(CCNCC(=O)N2CCOCC2)c1. The first-order valence-corrected chi connectivity index (χ1v) is 6.87. The van der Waals surface area contributed by atoms with Gasteiger partial charge in [0.05, 0.1) is 19.8 Å². The van der Waals surface area contributed by atoms with Crippen LogP contribution < -0.4 is 5.32 Å². The summed E-state index contributed by atoms with van der Waals surface area (Å²) in [5, 5.41) is 3.22. The molecule has 1 amide bonds. The molecule has 1 heterocycles. The van der Waals surface area contributed by atoms with Gasteiger partial charge in [-0.05, 0) is 25.5 Å². The molecule has 0 radical (unpaired) electrons. The Morgan fingerprint density at radius 3 is 2.89 bits per heavy atom. The average Bonchev–Trinajstić information content (AvgIpc) is 2.44. The smallest absolute Gasteiger partial charge is 0.236 e. The fraction of sp³-hybridized carbons (Fsp3) is 0.533. The molecule has 104 valence electrons. The summed E-state index contributed by atoms with van der Waals surface area (Å²) in [6.07, 6.45) is 0.956. The number of hydrogen-bond acceptors (Lipinski definition) is 3. The lowest BCUT2D eigenvalue weighted by Gasteiger charge is -2.26. The van der Waals surface area contributed by atoms with Crippen molar-refractivity contribution in [3.8, 4) is 0 Å². The average molecular weight is 262 g/mol. The van der Waals surface area contributed by atoms with Gasteiger partial charge in [0, 0.05) is 13.1 Å². The van der Waals surface area contributed by atoms with E-state index in [4.69, 9.17) is 4.74 Å². The maximum atomic E-state index is 11.9. The zero-order valence-corrected chi connectivity index (χ0v) is 11.5. The van der Waals surface area contributed by atoms with Crippen LogP contribution in [0.25, 0.3) is 0 Å². The number of nitrogens with zero attached hydrogens (tertiary/aromatic N) is 1. The normalized spacial score (nSPS) is 15.5. The maximum absolute atomic E-state index is 11.9. The zero-order chi connectivity index (χ0) is 13.5. The zero-order valence-electron chi connectivity index (χ0n) is 11.5. The molecule has 0 atom stereocenters. The second-order valence-corrected chi connectivity index (χ2v) is 4.91. The van der Waals surface area contributed by atoms with Crippen LogP contribution in [-0.2, 0) is 16.0 Å². The Kier molecular flexibility index (Phi) is 5.36. The number of nitrogens with one attached hydrogen (secondary N) is 1. The summed E-state index contributed by atoms with van der Waals surface area (Å²) in [6, 6.07) is 8.48. The molecule has 1 fully saturated rings. The van der Waals surface area contributed by atoms with E-state index in [1.807, 2.05) is 4.90 Å². The van der Waals surface area contributed by atoms with Crippen molar-refractivity contribution in [1.82, 2.24) is 10.2 Å². The minimum Gasteiger partial charge on any atom is -0.378 e. The molecular weight excluding hydrogens is 240 g/mol. The summed E-state index contributed by atoms with van der Waals surface area (Å²) in [4.78, 5) is 13.7. The topological polar surface area (TPSA) is 41.6 Å². The van der Waals surface area contributed by atoms with Crippen molar-refractivity contribution in [2.24, 2.45) is 0 Å². The van der Waals surface area contributed by atoms with Gasteiger partial charge in [0.1, 0.15) is 0 Å². The lowest BCUT2D eigenvalue weighted by molar-refractivity contribution is -0.134. The molecule has 4 heteroatoms. The van der Waals surface area contributed by atoms with E-state index >= 15 is 0 Å². The van der Waals surface area contributed by atoms with Crippen LogP contribution >= 0.6 is 0 Å². The number of hydrogen-bond donors (Lipinski definition) is 1. The number of benzene rings is 1. The van der Waals surface area contributed by atoms with Gasteiger partial charge in [-0.15, -0.1) is 0 Å². The van der Waals surface area contributed by atoms with E-state index in [0.29, 0.717) is 19.8 Å². The molecule has 19 heavy (non-hydrogen) atoms. The predicted molar refractivity (Wildman–Crippen MR) is 75.2 cm³/mol. The first kappa shape index (κ1) is 14.0. The minimum absolute atomic E-state index is 0.174. The van der Waals surface area contributed by atoms with Crippen LogP contribution in [0.3, 0.4) is 0 Å². The second kappa shape index (κ2) is 7.26. The molecule has 0 bridgehead atoms. The van der Waals surface area contributed by atoms with Crippen molar-refractivity contribution in [2.75, 3.05) is 39.4 Å². The van der Waals surface area contributed by atoms with E-state index in [1.165, 1.54) is 11.1 Å². The summed E-state index contributed by atoms with van der Waals surface area (Å²) in [7, 11) is 0. The van der Waals surface area contributed by atoms with E-state index in [1.54, 1.807) is 0 Å². The van der Waals surface area contributed by atoms with Crippen LogP contribution in [0, 0.1) is 6.92 Å². The first-order chi connectivity index (χ1) is 9.25. The molecule has 0 spiro atoms. The second-order valence-electron chi connectivity index (χ2n) is 4.91. The monoisotopic (exact) mass is 262 g/mol. The lowest BCUT2D eigenvalue weighted by Crippen LogP contribution is -2.44. The molecule has 0 aromatic heterocycles. The molecule has 0 saturated carbocycles. The fourth-order valence-corrected chi connectivity index (χ4v) is 2.22. The van der Waals surface area contributed by atoms with E-state index in [2.05, 4.69) is 36.5 Å². The fourth-order valence-electron chi connectivity index (χ4n) is 2.22. The third-order valence-corrected chi connectivity index (χ3v) is 3.31. The molecule has 1 saturated heterocycles. The Labute approximate surface area is 114 Å². The molecule has 0 aliphatic carbocycles.